The van der Waals surface area contributed by atoms with E-state index in [1.165, 1.54) is 5.57 Å². The molecule has 1 rings (SSSR count). The second kappa shape index (κ2) is 10.4. The molecule has 0 radical (unpaired) electrons. The van der Waals surface area contributed by atoms with Gasteiger partial charge in [0.2, 0.25) is 0 Å². The van der Waals surface area contributed by atoms with Crippen molar-refractivity contribution in [2.24, 2.45) is 0 Å². The van der Waals surface area contributed by atoms with E-state index in [1.54, 1.807) is 0 Å². The third-order valence-electron chi connectivity index (χ3n) is 1.86. The van der Waals surface area contributed by atoms with E-state index in [9.17, 15) is 0 Å². The predicted octanol–water partition coefficient (Wildman–Crippen LogP) is 1.88. The highest BCUT2D eigenvalue weighted by molar-refractivity contribution is 5.22. The Balaban J connectivity index is 0.00000106. The van der Waals surface area contributed by atoms with Gasteiger partial charge in [0.15, 0.2) is 0 Å². The van der Waals surface area contributed by atoms with Gasteiger partial charge in [0.25, 0.3) is 0 Å². The van der Waals surface area contributed by atoms with Crippen LogP contribution in [-0.2, 0) is 4.74 Å². The van der Waals surface area contributed by atoms with E-state index < -0.39 is 0 Å². The van der Waals surface area contributed by atoms with Crippen molar-refractivity contribution in [3.8, 4) is 0 Å². The van der Waals surface area contributed by atoms with E-state index in [0.717, 1.165) is 32.0 Å². The lowest BCUT2D eigenvalue weighted by molar-refractivity contribution is 0.145. The summed E-state index contributed by atoms with van der Waals surface area (Å²) >= 11 is 0. The molecule has 0 bridgehead atoms. The molecule has 1 aliphatic heterocycles. The van der Waals surface area contributed by atoms with E-state index >= 15 is 0 Å². The Morgan fingerprint density at radius 3 is 2.75 bits per heavy atom. The van der Waals surface area contributed by atoms with Crippen molar-refractivity contribution in [3.05, 3.63) is 23.7 Å². The van der Waals surface area contributed by atoms with Gasteiger partial charge in [0.1, 0.15) is 5.82 Å². The third kappa shape index (κ3) is 7.17. The average molecular weight is 227 g/mol. The Kier molecular flexibility index (Phi) is 9.61. The molecule has 0 amide bonds. The third-order valence-corrected chi connectivity index (χ3v) is 1.86. The largest absolute Gasteiger partial charge is 0.382 e. The van der Waals surface area contributed by atoms with E-state index in [4.69, 9.17) is 4.74 Å². The Morgan fingerprint density at radius 2 is 2.12 bits per heavy atom. The van der Waals surface area contributed by atoms with Crippen molar-refractivity contribution in [2.75, 3.05) is 19.8 Å². The van der Waals surface area contributed by atoms with E-state index in [-0.39, 0.29) is 0 Å². The molecular formula is C12H25N3O. The van der Waals surface area contributed by atoms with Crippen LogP contribution in [0.15, 0.2) is 23.7 Å². The summed E-state index contributed by atoms with van der Waals surface area (Å²) < 4.78 is 5.24. The first kappa shape index (κ1) is 14.8. The van der Waals surface area contributed by atoms with Crippen LogP contribution in [0.4, 0.5) is 0 Å². The first-order valence-corrected chi connectivity index (χ1v) is 6.04. The topological polar surface area (TPSA) is 45.3 Å². The van der Waals surface area contributed by atoms with Crippen LogP contribution in [-0.4, -0.2) is 19.8 Å². The molecule has 0 aromatic rings. The summed E-state index contributed by atoms with van der Waals surface area (Å²) in [6.45, 7) is 10.6. The second-order valence-corrected chi connectivity index (χ2v) is 3.19. The summed E-state index contributed by atoms with van der Waals surface area (Å²) in [7, 11) is 0. The van der Waals surface area contributed by atoms with Crippen molar-refractivity contribution in [1.29, 1.82) is 0 Å². The molecule has 16 heavy (non-hydrogen) atoms. The van der Waals surface area contributed by atoms with Gasteiger partial charge < -0.3 is 15.5 Å². The molecule has 0 spiro atoms. The number of hydrogen-bond donors (Lipinski definition) is 3. The van der Waals surface area contributed by atoms with Crippen LogP contribution in [0.5, 0.6) is 0 Å². The minimum atomic E-state index is 0.796. The van der Waals surface area contributed by atoms with Crippen molar-refractivity contribution < 1.29 is 4.74 Å². The van der Waals surface area contributed by atoms with Gasteiger partial charge in [-0.1, -0.05) is 13.8 Å². The fourth-order valence-corrected chi connectivity index (χ4v) is 1.17. The zero-order valence-electron chi connectivity index (χ0n) is 10.9. The highest BCUT2D eigenvalue weighted by Gasteiger charge is 1.99. The van der Waals surface area contributed by atoms with Gasteiger partial charge in [-0.3, -0.25) is 5.43 Å². The summed E-state index contributed by atoms with van der Waals surface area (Å²) in [5.41, 5.74) is 7.19. The molecule has 0 aliphatic carbocycles. The lowest BCUT2D eigenvalue weighted by Gasteiger charge is -2.17. The number of ether oxygens (including phenoxy) is 1. The van der Waals surface area contributed by atoms with Crippen molar-refractivity contribution >= 4 is 0 Å². The first-order chi connectivity index (χ1) is 7.83. The zero-order chi connectivity index (χ0) is 12.2. The lowest BCUT2D eigenvalue weighted by atomic mass is 10.3. The van der Waals surface area contributed by atoms with Crippen LogP contribution < -0.4 is 16.2 Å². The molecule has 1 aliphatic rings. The van der Waals surface area contributed by atoms with Gasteiger partial charge in [-0.05, 0) is 31.9 Å². The Labute approximate surface area is 99.1 Å². The number of allylic oxidation sites excluding steroid dienone is 2. The minimum Gasteiger partial charge on any atom is -0.382 e. The van der Waals surface area contributed by atoms with E-state index in [0.29, 0.717) is 0 Å². The van der Waals surface area contributed by atoms with E-state index in [1.807, 2.05) is 27.0 Å². The second-order valence-electron chi connectivity index (χ2n) is 3.19. The van der Waals surface area contributed by atoms with Crippen molar-refractivity contribution in [3.63, 3.8) is 0 Å². The molecule has 0 fully saturated rings. The van der Waals surface area contributed by atoms with Gasteiger partial charge >= 0.3 is 0 Å². The fourth-order valence-electron chi connectivity index (χ4n) is 1.17. The van der Waals surface area contributed by atoms with Gasteiger partial charge in [0, 0.05) is 26.0 Å². The molecular weight excluding hydrogens is 202 g/mol. The van der Waals surface area contributed by atoms with Crippen molar-refractivity contribution in [1.82, 2.24) is 16.2 Å². The minimum absolute atomic E-state index is 0.796. The summed E-state index contributed by atoms with van der Waals surface area (Å²) in [5.74, 6) is 1.02. The molecule has 94 valence electrons. The smallest absolute Gasteiger partial charge is 0.118 e. The number of hydrogen-bond acceptors (Lipinski definition) is 4. The Hall–Kier alpha value is -1.16. The summed E-state index contributed by atoms with van der Waals surface area (Å²) in [6.07, 6.45) is 5.01. The normalized spacial score (nSPS) is 13.5. The highest BCUT2D eigenvalue weighted by atomic mass is 16.5. The molecule has 4 nitrogen and oxygen atoms in total. The van der Waals surface area contributed by atoms with Crippen LogP contribution in [0.1, 0.15) is 34.1 Å². The summed E-state index contributed by atoms with van der Waals surface area (Å²) in [5, 5.41) is 3.28. The summed E-state index contributed by atoms with van der Waals surface area (Å²) in [6, 6.07) is 0. The standard InChI is InChI=1S/C10H19N3O.C2H6/c1-3-14-6-4-5-11-10-7-9(2)8-12-13-10;1-2/h7-8,11-13H,3-6H2,1-2H3;1-2H3. The fraction of sp³-hybridized carbons (Fsp3) is 0.667. The van der Waals surface area contributed by atoms with Crippen LogP contribution >= 0.6 is 0 Å². The van der Waals surface area contributed by atoms with Crippen LogP contribution in [0, 0.1) is 0 Å². The highest BCUT2D eigenvalue weighted by Crippen LogP contribution is 1.99. The maximum absolute atomic E-state index is 5.24. The monoisotopic (exact) mass is 227 g/mol. The number of hydrazine groups is 1. The molecule has 0 aromatic heterocycles. The first-order valence-electron chi connectivity index (χ1n) is 6.04. The molecule has 4 heteroatoms. The SMILES string of the molecule is CC.CCOCCCNC1=CC(C)=CNN1. The maximum Gasteiger partial charge on any atom is 0.118 e. The summed E-state index contributed by atoms with van der Waals surface area (Å²) in [4.78, 5) is 0. The number of nitrogens with one attached hydrogen (secondary N) is 3. The molecule has 3 N–H and O–H groups in total. The Bertz CT molecular complexity index is 224. The molecule has 0 unspecified atom stereocenters. The maximum atomic E-state index is 5.24. The van der Waals surface area contributed by atoms with Crippen LogP contribution in [0.2, 0.25) is 0 Å². The van der Waals surface area contributed by atoms with Gasteiger partial charge in [-0.2, -0.15) is 0 Å². The lowest BCUT2D eigenvalue weighted by Crippen LogP contribution is -2.37. The Morgan fingerprint density at radius 1 is 1.38 bits per heavy atom. The molecule has 0 saturated heterocycles. The van der Waals surface area contributed by atoms with Crippen LogP contribution in [0.25, 0.3) is 0 Å². The van der Waals surface area contributed by atoms with Gasteiger partial charge in [-0.25, -0.2) is 0 Å². The predicted molar refractivity (Wildman–Crippen MR) is 68.6 cm³/mol. The average Bonchev–Trinajstić information content (AvgIpc) is 2.32. The zero-order valence-corrected chi connectivity index (χ0v) is 10.9. The quantitative estimate of drug-likeness (QED) is 0.606. The molecule has 1 heterocycles. The van der Waals surface area contributed by atoms with Crippen molar-refractivity contribution in [2.45, 2.75) is 34.1 Å². The van der Waals surface area contributed by atoms with Crippen LogP contribution in [0.3, 0.4) is 0 Å². The number of rotatable bonds is 6. The van der Waals surface area contributed by atoms with E-state index in [2.05, 4.69) is 29.2 Å². The molecule has 0 saturated carbocycles. The molecule has 0 atom stereocenters. The molecule has 0 aromatic carbocycles. The van der Waals surface area contributed by atoms with Gasteiger partial charge in [0.05, 0.1) is 0 Å². The van der Waals surface area contributed by atoms with Gasteiger partial charge in [-0.15, -0.1) is 0 Å².